The quantitative estimate of drug-likeness (QED) is 0.681. The van der Waals surface area contributed by atoms with Gasteiger partial charge in [-0.2, -0.15) is 0 Å². The van der Waals surface area contributed by atoms with E-state index < -0.39 is 0 Å². The Morgan fingerprint density at radius 3 is 2.81 bits per heavy atom. The summed E-state index contributed by atoms with van der Waals surface area (Å²) in [7, 11) is 5.74. The first-order valence-corrected chi connectivity index (χ1v) is 5.66. The third kappa shape index (κ3) is 4.79. The fourth-order valence-corrected chi connectivity index (χ4v) is 1.60. The molecule has 1 rings (SSSR count). The minimum absolute atomic E-state index is 0.785. The van der Waals surface area contributed by atoms with Gasteiger partial charge in [-0.15, -0.1) is 0 Å². The largest absolute Gasteiger partial charge is 0.463 e. The molecular weight excluding hydrogens is 204 g/mol. The van der Waals surface area contributed by atoms with Gasteiger partial charge in [-0.05, 0) is 32.6 Å². The molecule has 0 aliphatic heterocycles. The number of methoxy groups -OCH3 is 1. The van der Waals surface area contributed by atoms with Gasteiger partial charge < -0.3 is 14.5 Å². The molecule has 1 aromatic heterocycles. The van der Waals surface area contributed by atoms with Crippen LogP contribution in [0.15, 0.2) is 16.5 Å². The van der Waals surface area contributed by atoms with Gasteiger partial charge in [-0.3, -0.25) is 4.90 Å². The summed E-state index contributed by atoms with van der Waals surface area (Å²) in [6.07, 6.45) is 1.05. The number of nitrogens with one attached hydrogen (secondary N) is 1. The molecular formula is C12H22N2O2. The highest BCUT2D eigenvalue weighted by Gasteiger charge is 2.04. The third-order valence-electron chi connectivity index (χ3n) is 2.38. The van der Waals surface area contributed by atoms with E-state index in [0.717, 1.165) is 44.2 Å². The van der Waals surface area contributed by atoms with Crippen LogP contribution in [0.5, 0.6) is 0 Å². The molecule has 0 unspecified atom stereocenters. The molecule has 0 spiro atoms. The van der Waals surface area contributed by atoms with Gasteiger partial charge in [0.1, 0.15) is 11.5 Å². The van der Waals surface area contributed by atoms with Gasteiger partial charge in [-0.1, -0.05) is 0 Å². The normalized spacial score (nSPS) is 11.2. The molecule has 0 fully saturated rings. The van der Waals surface area contributed by atoms with Crippen molar-refractivity contribution >= 4 is 0 Å². The lowest BCUT2D eigenvalue weighted by atomic mass is 10.3. The van der Waals surface area contributed by atoms with Crippen LogP contribution < -0.4 is 5.32 Å². The minimum atomic E-state index is 0.785. The summed E-state index contributed by atoms with van der Waals surface area (Å²) in [6, 6.07) is 4.06. The second kappa shape index (κ2) is 7.44. The van der Waals surface area contributed by atoms with Crippen LogP contribution in [0, 0.1) is 0 Å². The molecule has 1 heterocycles. The van der Waals surface area contributed by atoms with E-state index in [1.807, 2.05) is 19.2 Å². The first kappa shape index (κ1) is 13.2. The van der Waals surface area contributed by atoms with Gasteiger partial charge in [0.2, 0.25) is 0 Å². The number of furan rings is 1. The van der Waals surface area contributed by atoms with Crippen LogP contribution in [0.1, 0.15) is 17.9 Å². The Kier molecular flexibility index (Phi) is 6.15. The molecule has 16 heavy (non-hydrogen) atoms. The molecule has 0 aliphatic rings. The van der Waals surface area contributed by atoms with Crippen molar-refractivity contribution in [3.05, 3.63) is 23.7 Å². The van der Waals surface area contributed by atoms with Crippen molar-refractivity contribution in [3.63, 3.8) is 0 Å². The monoisotopic (exact) mass is 226 g/mol. The van der Waals surface area contributed by atoms with Crippen molar-refractivity contribution in [2.24, 2.45) is 0 Å². The Morgan fingerprint density at radius 1 is 1.38 bits per heavy atom. The minimum Gasteiger partial charge on any atom is -0.463 e. The summed E-state index contributed by atoms with van der Waals surface area (Å²) < 4.78 is 10.7. The Labute approximate surface area is 97.6 Å². The molecule has 0 aliphatic carbocycles. The van der Waals surface area contributed by atoms with Gasteiger partial charge >= 0.3 is 0 Å². The van der Waals surface area contributed by atoms with Gasteiger partial charge in [0, 0.05) is 20.3 Å². The van der Waals surface area contributed by atoms with Gasteiger partial charge in [0.05, 0.1) is 13.1 Å². The van der Waals surface area contributed by atoms with Crippen LogP contribution in [0.25, 0.3) is 0 Å². The van der Waals surface area contributed by atoms with E-state index in [-0.39, 0.29) is 0 Å². The maximum Gasteiger partial charge on any atom is 0.118 e. The molecule has 0 bridgehead atoms. The molecule has 0 saturated heterocycles. The average molecular weight is 226 g/mol. The Morgan fingerprint density at radius 2 is 2.12 bits per heavy atom. The second-order valence-electron chi connectivity index (χ2n) is 3.98. The number of ether oxygens (including phenoxy) is 1. The molecule has 4 nitrogen and oxygen atoms in total. The van der Waals surface area contributed by atoms with Gasteiger partial charge in [-0.25, -0.2) is 0 Å². The molecule has 92 valence electrons. The molecule has 0 amide bonds. The third-order valence-corrected chi connectivity index (χ3v) is 2.38. The molecule has 1 aromatic rings. The number of nitrogens with zero attached hydrogens (tertiary/aromatic N) is 1. The van der Waals surface area contributed by atoms with Crippen molar-refractivity contribution < 1.29 is 9.15 Å². The van der Waals surface area contributed by atoms with Crippen molar-refractivity contribution in [2.75, 3.05) is 34.4 Å². The second-order valence-corrected chi connectivity index (χ2v) is 3.98. The Hall–Kier alpha value is -0.840. The fraction of sp³-hybridized carbons (Fsp3) is 0.667. The van der Waals surface area contributed by atoms with Crippen LogP contribution in [-0.4, -0.2) is 39.3 Å². The number of rotatable bonds is 8. The van der Waals surface area contributed by atoms with E-state index >= 15 is 0 Å². The smallest absolute Gasteiger partial charge is 0.118 e. The van der Waals surface area contributed by atoms with Crippen molar-refractivity contribution in [1.29, 1.82) is 0 Å². The highest BCUT2D eigenvalue weighted by Crippen LogP contribution is 2.09. The van der Waals surface area contributed by atoms with Crippen LogP contribution in [0.4, 0.5) is 0 Å². The number of hydrogen-bond acceptors (Lipinski definition) is 4. The topological polar surface area (TPSA) is 37.6 Å². The van der Waals surface area contributed by atoms with Gasteiger partial charge in [0.15, 0.2) is 0 Å². The molecule has 1 N–H and O–H groups in total. The summed E-state index contributed by atoms with van der Waals surface area (Å²) in [6.45, 7) is 3.48. The van der Waals surface area contributed by atoms with E-state index in [0.29, 0.717) is 0 Å². The van der Waals surface area contributed by atoms with Gasteiger partial charge in [0.25, 0.3) is 0 Å². The molecule has 0 aromatic carbocycles. The fourth-order valence-electron chi connectivity index (χ4n) is 1.60. The van der Waals surface area contributed by atoms with Crippen LogP contribution in [0.3, 0.4) is 0 Å². The highest BCUT2D eigenvalue weighted by atomic mass is 16.5. The predicted molar refractivity (Wildman–Crippen MR) is 64.3 cm³/mol. The van der Waals surface area contributed by atoms with E-state index in [1.165, 1.54) is 0 Å². The van der Waals surface area contributed by atoms with Crippen LogP contribution in [0.2, 0.25) is 0 Å². The summed E-state index contributed by atoms with van der Waals surface area (Å²) in [4.78, 5) is 2.24. The van der Waals surface area contributed by atoms with E-state index in [9.17, 15) is 0 Å². The zero-order chi connectivity index (χ0) is 11.8. The summed E-state index contributed by atoms with van der Waals surface area (Å²) >= 11 is 0. The standard InChI is InChI=1S/C12H22N2O2/c1-13-9-11-5-6-12(16-11)10-14(2)7-4-8-15-3/h5-6,13H,4,7-10H2,1-3H3. The maximum absolute atomic E-state index is 5.67. The first-order chi connectivity index (χ1) is 7.76. The van der Waals surface area contributed by atoms with E-state index in [4.69, 9.17) is 9.15 Å². The highest BCUT2D eigenvalue weighted by molar-refractivity contribution is 5.06. The SMILES string of the molecule is CNCc1ccc(CN(C)CCCOC)o1. The lowest BCUT2D eigenvalue weighted by molar-refractivity contribution is 0.175. The summed E-state index contributed by atoms with van der Waals surface area (Å²) in [5, 5.41) is 3.07. The van der Waals surface area contributed by atoms with Crippen LogP contribution >= 0.6 is 0 Å². The summed E-state index contributed by atoms with van der Waals surface area (Å²) in [5.41, 5.74) is 0. The average Bonchev–Trinajstić information content (AvgIpc) is 2.66. The molecule has 0 saturated carbocycles. The summed E-state index contributed by atoms with van der Waals surface area (Å²) in [5.74, 6) is 2.01. The molecule has 0 atom stereocenters. The number of hydrogen-bond donors (Lipinski definition) is 1. The maximum atomic E-state index is 5.67. The Balaban J connectivity index is 2.28. The molecule has 0 radical (unpaired) electrons. The van der Waals surface area contributed by atoms with Crippen LogP contribution in [-0.2, 0) is 17.8 Å². The zero-order valence-corrected chi connectivity index (χ0v) is 10.5. The first-order valence-electron chi connectivity index (χ1n) is 5.66. The lowest BCUT2D eigenvalue weighted by Gasteiger charge is -2.14. The van der Waals surface area contributed by atoms with E-state index in [2.05, 4.69) is 17.3 Å². The van der Waals surface area contributed by atoms with Crippen molar-refractivity contribution in [1.82, 2.24) is 10.2 Å². The lowest BCUT2D eigenvalue weighted by Crippen LogP contribution is -2.19. The van der Waals surface area contributed by atoms with Crippen molar-refractivity contribution in [3.8, 4) is 0 Å². The van der Waals surface area contributed by atoms with Crippen molar-refractivity contribution in [2.45, 2.75) is 19.5 Å². The van der Waals surface area contributed by atoms with E-state index in [1.54, 1.807) is 7.11 Å². The Bertz CT molecular complexity index is 286. The zero-order valence-electron chi connectivity index (χ0n) is 10.5. The predicted octanol–water partition coefficient (Wildman–Crippen LogP) is 1.47. The molecule has 4 heteroatoms.